The SMILES string of the molecule is Cc1noc(C)c1CNC(=O)C(C)C(N)c1ccccc1. The number of amides is 1. The lowest BCUT2D eigenvalue weighted by Crippen LogP contribution is -2.35. The Labute approximate surface area is 124 Å². The van der Waals surface area contributed by atoms with Crippen molar-refractivity contribution in [1.29, 1.82) is 0 Å². The highest BCUT2D eigenvalue weighted by Gasteiger charge is 2.22. The number of hydrogen-bond donors (Lipinski definition) is 2. The van der Waals surface area contributed by atoms with Gasteiger partial charge in [0, 0.05) is 18.2 Å². The second-order valence-corrected chi connectivity index (χ2v) is 5.25. The summed E-state index contributed by atoms with van der Waals surface area (Å²) in [5.41, 5.74) is 8.83. The van der Waals surface area contributed by atoms with Crippen LogP contribution in [-0.2, 0) is 11.3 Å². The summed E-state index contributed by atoms with van der Waals surface area (Å²) in [6, 6.07) is 9.31. The first-order valence-corrected chi connectivity index (χ1v) is 7.00. The zero-order valence-corrected chi connectivity index (χ0v) is 12.6. The minimum atomic E-state index is -0.323. The van der Waals surface area contributed by atoms with Crippen LogP contribution in [0.4, 0.5) is 0 Å². The topological polar surface area (TPSA) is 81.2 Å². The maximum atomic E-state index is 12.2. The highest BCUT2D eigenvalue weighted by Crippen LogP contribution is 2.19. The molecule has 0 aliphatic carbocycles. The van der Waals surface area contributed by atoms with Gasteiger partial charge in [-0.15, -0.1) is 0 Å². The summed E-state index contributed by atoms with van der Waals surface area (Å²) in [5.74, 6) is 0.340. The van der Waals surface area contributed by atoms with Gasteiger partial charge in [-0.2, -0.15) is 0 Å². The molecule has 2 aromatic rings. The Bertz CT molecular complexity index is 588. The molecule has 0 radical (unpaired) electrons. The number of hydrogen-bond acceptors (Lipinski definition) is 4. The predicted octanol–water partition coefficient (Wildman–Crippen LogP) is 2.24. The number of carbonyl (C=O) groups excluding carboxylic acids is 1. The van der Waals surface area contributed by atoms with E-state index >= 15 is 0 Å². The average Bonchev–Trinajstić information content (AvgIpc) is 2.83. The molecule has 0 saturated carbocycles. The number of nitrogens with one attached hydrogen (secondary N) is 1. The fourth-order valence-electron chi connectivity index (χ4n) is 2.22. The van der Waals surface area contributed by atoms with Gasteiger partial charge in [0.25, 0.3) is 0 Å². The average molecular weight is 287 g/mol. The zero-order valence-electron chi connectivity index (χ0n) is 12.6. The number of aromatic nitrogens is 1. The molecule has 0 spiro atoms. The molecule has 21 heavy (non-hydrogen) atoms. The van der Waals surface area contributed by atoms with Gasteiger partial charge in [-0.25, -0.2) is 0 Å². The zero-order chi connectivity index (χ0) is 15.4. The van der Waals surface area contributed by atoms with Crippen molar-refractivity contribution in [2.75, 3.05) is 0 Å². The molecule has 3 N–H and O–H groups in total. The Hall–Kier alpha value is -2.14. The minimum absolute atomic E-state index is 0.0775. The third-order valence-corrected chi connectivity index (χ3v) is 3.76. The second-order valence-electron chi connectivity index (χ2n) is 5.25. The van der Waals surface area contributed by atoms with Crippen molar-refractivity contribution in [3.05, 3.63) is 52.9 Å². The molecule has 1 aromatic heterocycles. The molecule has 5 nitrogen and oxygen atoms in total. The lowest BCUT2D eigenvalue weighted by Gasteiger charge is -2.19. The van der Waals surface area contributed by atoms with E-state index in [-0.39, 0.29) is 17.9 Å². The molecule has 1 heterocycles. The van der Waals surface area contributed by atoms with E-state index in [0.29, 0.717) is 6.54 Å². The van der Waals surface area contributed by atoms with Crippen LogP contribution in [0.1, 0.15) is 35.5 Å². The summed E-state index contributed by atoms with van der Waals surface area (Å²) < 4.78 is 5.08. The Balaban J connectivity index is 1.97. The number of carbonyl (C=O) groups is 1. The van der Waals surface area contributed by atoms with E-state index in [0.717, 1.165) is 22.6 Å². The first kappa shape index (κ1) is 15.3. The number of aryl methyl sites for hydroxylation is 2. The molecule has 2 atom stereocenters. The van der Waals surface area contributed by atoms with Crippen molar-refractivity contribution < 1.29 is 9.32 Å². The molecule has 0 bridgehead atoms. The third-order valence-electron chi connectivity index (χ3n) is 3.76. The fraction of sp³-hybridized carbons (Fsp3) is 0.375. The molecule has 0 aliphatic rings. The van der Waals surface area contributed by atoms with E-state index in [1.54, 1.807) is 0 Å². The van der Waals surface area contributed by atoms with Crippen LogP contribution in [0.25, 0.3) is 0 Å². The summed E-state index contributed by atoms with van der Waals surface area (Å²) in [6.07, 6.45) is 0. The summed E-state index contributed by atoms with van der Waals surface area (Å²) >= 11 is 0. The quantitative estimate of drug-likeness (QED) is 0.883. The number of nitrogens with zero attached hydrogens (tertiary/aromatic N) is 1. The van der Waals surface area contributed by atoms with Gasteiger partial charge < -0.3 is 15.6 Å². The van der Waals surface area contributed by atoms with Crippen LogP contribution in [0.5, 0.6) is 0 Å². The van der Waals surface area contributed by atoms with Crippen molar-refractivity contribution in [3.63, 3.8) is 0 Å². The molecular weight excluding hydrogens is 266 g/mol. The van der Waals surface area contributed by atoms with Crippen LogP contribution in [0.2, 0.25) is 0 Å². The van der Waals surface area contributed by atoms with Crippen molar-refractivity contribution in [2.24, 2.45) is 11.7 Å². The minimum Gasteiger partial charge on any atom is -0.361 e. The van der Waals surface area contributed by atoms with E-state index < -0.39 is 0 Å². The second kappa shape index (κ2) is 6.54. The van der Waals surface area contributed by atoms with E-state index in [1.165, 1.54) is 0 Å². The lowest BCUT2D eigenvalue weighted by molar-refractivity contribution is -0.125. The standard InChI is InChI=1S/C16H21N3O2/c1-10(15(17)13-7-5-4-6-8-13)16(20)18-9-14-11(2)19-21-12(14)3/h4-8,10,15H,9,17H2,1-3H3,(H,18,20). The van der Waals surface area contributed by atoms with Crippen molar-refractivity contribution in [2.45, 2.75) is 33.4 Å². The van der Waals surface area contributed by atoms with Gasteiger partial charge in [-0.05, 0) is 19.4 Å². The first-order chi connectivity index (χ1) is 10.0. The maximum absolute atomic E-state index is 12.2. The van der Waals surface area contributed by atoms with Crippen LogP contribution in [-0.4, -0.2) is 11.1 Å². The highest BCUT2D eigenvalue weighted by molar-refractivity contribution is 5.79. The molecule has 2 unspecified atom stereocenters. The lowest BCUT2D eigenvalue weighted by atomic mass is 9.94. The first-order valence-electron chi connectivity index (χ1n) is 7.00. The number of benzene rings is 1. The van der Waals surface area contributed by atoms with Gasteiger partial charge in [-0.3, -0.25) is 4.79 Å². The van der Waals surface area contributed by atoms with E-state index in [4.69, 9.17) is 10.3 Å². The molecule has 0 aliphatic heterocycles. The van der Waals surface area contributed by atoms with E-state index in [1.807, 2.05) is 51.1 Å². The summed E-state index contributed by atoms with van der Waals surface area (Å²) in [7, 11) is 0. The van der Waals surface area contributed by atoms with Gasteiger partial charge in [0.1, 0.15) is 5.76 Å². The third kappa shape index (κ3) is 3.49. The predicted molar refractivity (Wildman–Crippen MR) is 80.4 cm³/mol. The Morgan fingerprint density at radius 2 is 2.00 bits per heavy atom. The van der Waals surface area contributed by atoms with Crippen LogP contribution in [0, 0.1) is 19.8 Å². The normalized spacial score (nSPS) is 13.7. The molecule has 1 amide bonds. The molecular formula is C16H21N3O2. The van der Waals surface area contributed by atoms with Crippen LogP contribution in [0.15, 0.2) is 34.9 Å². The van der Waals surface area contributed by atoms with Crippen LogP contribution < -0.4 is 11.1 Å². The van der Waals surface area contributed by atoms with Gasteiger partial charge in [0.05, 0.1) is 11.6 Å². The Morgan fingerprint density at radius 1 is 1.33 bits per heavy atom. The van der Waals surface area contributed by atoms with Gasteiger partial charge in [0.15, 0.2) is 0 Å². The van der Waals surface area contributed by atoms with Gasteiger partial charge >= 0.3 is 0 Å². The summed E-state index contributed by atoms with van der Waals surface area (Å²) in [5, 5.41) is 6.77. The Morgan fingerprint density at radius 3 is 2.57 bits per heavy atom. The number of rotatable bonds is 5. The molecule has 112 valence electrons. The fourth-order valence-corrected chi connectivity index (χ4v) is 2.22. The Kier molecular flexibility index (Phi) is 4.75. The van der Waals surface area contributed by atoms with Gasteiger partial charge in [0.2, 0.25) is 5.91 Å². The van der Waals surface area contributed by atoms with Crippen molar-refractivity contribution in [1.82, 2.24) is 10.5 Å². The summed E-state index contributed by atoms with van der Waals surface area (Å²) in [4.78, 5) is 12.2. The molecule has 2 rings (SSSR count). The molecule has 5 heteroatoms. The molecule has 0 fully saturated rings. The smallest absolute Gasteiger partial charge is 0.225 e. The van der Waals surface area contributed by atoms with E-state index in [2.05, 4.69) is 10.5 Å². The van der Waals surface area contributed by atoms with Crippen molar-refractivity contribution in [3.8, 4) is 0 Å². The molecule has 0 saturated heterocycles. The van der Waals surface area contributed by atoms with E-state index in [9.17, 15) is 4.79 Å². The largest absolute Gasteiger partial charge is 0.361 e. The summed E-state index contributed by atoms with van der Waals surface area (Å²) in [6.45, 7) is 5.93. The van der Waals surface area contributed by atoms with Gasteiger partial charge in [-0.1, -0.05) is 42.4 Å². The highest BCUT2D eigenvalue weighted by atomic mass is 16.5. The van der Waals surface area contributed by atoms with Crippen LogP contribution >= 0.6 is 0 Å². The maximum Gasteiger partial charge on any atom is 0.225 e. The van der Waals surface area contributed by atoms with Crippen LogP contribution in [0.3, 0.4) is 0 Å². The number of nitrogens with two attached hydrogens (primary N) is 1. The molecule has 1 aromatic carbocycles. The monoisotopic (exact) mass is 287 g/mol. The van der Waals surface area contributed by atoms with Crippen molar-refractivity contribution >= 4 is 5.91 Å².